The molecule has 0 aliphatic rings. The van der Waals surface area contributed by atoms with Crippen molar-refractivity contribution in [2.75, 3.05) is 11.8 Å². The first kappa shape index (κ1) is 14.9. The highest BCUT2D eigenvalue weighted by Crippen LogP contribution is 2.29. The molecule has 0 aliphatic carbocycles. The fourth-order valence-electron chi connectivity index (χ4n) is 2.06. The van der Waals surface area contributed by atoms with Crippen molar-refractivity contribution in [1.82, 2.24) is 10.2 Å². The van der Waals surface area contributed by atoms with Gasteiger partial charge in [0.05, 0.1) is 33.9 Å². The number of hydrogen-bond acceptors (Lipinski definition) is 4. The van der Waals surface area contributed by atoms with Crippen LogP contribution in [0.2, 0.25) is 0 Å². The topological polar surface area (TPSA) is 84.1 Å². The molecule has 0 atom stereocenters. The van der Waals surface area contributed by atoms with E-state index in [2.05, 4.69) is 30.8 Å². The first-order valence-electron chi connectivity index (χ1n) is 6.30. The van der Waals surface area contributed by atoms with Gasteiger partial charge in [-0.25, -0.2) is 8.42 Å². The maximum atomic E-state index is 12.5. The van der Waals surface area contributed by atoms with Gasteiger partial charge in [0, 0.05) is 11.5 Å². The second-order valence-electron chi connectivity index (χ2n) is 4.54. The van der Waals surface area contributed by atoms with Gasteiger partial charge in [-0.05, 0) is 34.1 Å². The van der Waals surface area contributed by atoms with Crippen LogP contribution in [0.3, 0.4) is 0 Å². The largest absolute Gasteiger partial charge is 0.496 e. The number of hydrogen-bond donors (Lipinski definition) is 2. The molecular formula is C14H12BrN3O3S. The minimum absolute atomic E-state index is 0.115. The van der Waals surface area contributed by atoms with Crippen molar-refractivity contribution in [2.45, 2.75) is 4.90 Å². The maximum absolute atomic E-state index is 12.5. The van der Waals surface area contributed by atoms with Crippen molar-refractivity contribution in [3.05, 3.63) is 47.1 Å². The van der Waals surface area contributed by atoms with Crippen molar-refractivity contribution in [3.63, 3.8) is 0 Å². The minimum atomic E-state index is -3.73. The van der Waals surface area contributed by atoms with E-state index in [0.717, 1.165) is 5.39 Å². The lowest BCUT2D eigenvalue weighted by Gasteiger charge is -2.10. The summed E-state index contributed by atoms with van der Waals surface area (Å²) >= 11 is 3.30. The molecule has 0 saturated heterocycles. The second-order valence-corrected chi connectivity index (χ2v) is 7.08. The number of nitrogens with zero attached hydrogens (tertiary/aromatic N) is 1. The van der Waals surface area contributed by atoms with Gasteiger partial charge in [0.25, 0.3) is 10.0 Å². The third-order valence-electron chi connectivity index (χ3n) is 3.15. The van der Waals surface area contributed by atoms with Gasteiger partial charge in [-0.1, -0.05) is 12.1 Å². The van der Waals surface area contributed by atoms with Gasteiger partial charge in [0.1, 0.15) is 5.75 Å². The summed E-state index contributed by atoms with van der Waals surface area (Å²) < 4.78 is 33.4. The molecule has 114 valence electrons. The summed E-state index contributed by atoms with van der Waals surface area (Å²) in [7, 11) is -2.25. The average molecular weight is 382 g/mol. The zero-order chi connectivity index (χ0) is 15.7. The molecule has 0 radical (unpaired) electrons. The monoisotopic (exact) mass is 381 g/mol. The van der Waals surface area contributed by atoms with Gasteiger partial charge in [0.2, 0.25) is 0 Å². The van der Waals surface area contributed by atoms with Crippen LogP contribution in [-0.4, -0.2) is 25.7 Å². The molecule has 22 heavy (non-hydrogen) atoms. The Bertz CT molecular complexity index is 937. The summed E-state index contributed by atoms with van der Waals surface area (Å²) in [6.45, 7) is 0. The van der Waals surface area contributed by atoms with E-state index in [1.54, 1.807) is 24.4 Å². The number of ether oxygens (including phenoxy) is 1. The number of fused-ring (bicyclic) bond motifs is 1. The Kier molecular flexibility index (Phi) is 3.79. The molecule has 0 saturated carbocycles. The summed E-state index contributed by atoms with van der Waals surface area (Å²) in [4.78, 5) is 0.115. The number of benzene rings is 2. The number of aromatic amines is 1. The molecule has 0 spiro atoms. The first-order valence-corrected chi connectivity index (χ1v) is 8.57. The number of para-hydroxylation sites is 1. The Morgan fingerprint density at radius 3 is 2.86 bits per heavy atom. The fourth-order valence-corrected chi connectivity index (χ4v) is 3.56. The van der Waals surface area contributed by atoms with Gasteiger partial charge in [-0.15, -0.1) is 0 Å². The van der Waals surface area contributed by atoms with Crippen LogP contribution in [0.25, 0.3) is 10.9 Å². The predicted octanol–water partition coefficient (Wildman–Crippen LogP) is 3.13. The lowest BCUT2D eigenvalue weighted by Crippen LogP contribution is -2.13. The number of nitrogens with one attached hydrogen (secondary N) is 2. The molecule has 2 N–H and O–H groups in total. The maximum Gasteiger partial charge on any atom is 0.262 e. The predicted molar refractivity (Wildman–Crippen MR) is 87.6 cm³/mol. The summed E-state index contributed by atoms with van der Waals surface area (Å²) in [6, 6.07) is 9.87. The van der Waals surface area contributed by atoms with Crippen molar-refractivity contribution in [3.8, 4) is 5.75 Å². The van der Waals surface area contributed by atoms with E-state index in [1.165, 1.54) is 19.2 Å². The third kappa shape index (κ3) is 2.67. The first-order chi connectivity index (χ1) is 10.5. The number of methoxy groups -OCH3 is 1. The lowest BCUT2D eigenvalue weighted by molar-refractivity contribution is 0.411. The van der Waals surface area contributed by atoms with Gasteiger partial charge < -0.3 is 4.74 Å². The summed E-state index contributed by atoms with van der Waals surface area (Å²) in [5.74, 6) is 0.447. The highest BCUT2D eigenvalue weighted by Gasteiger charge is 2.17. The van der Waals surface area contributed by atoms with Crippen LogP contribution < -0.4 is 9.46 Å². The van der Waals surface area contributed by atoms with E-state index in [9.17, 15) is 8.42 Å². The van der Waals surface area contributed by atoms with E-state index in [0.29, 0.717) is 21.4 Å². The van der Waals surface area contributed by atoms with Crippen molar-refractivity contribution < 1.29 is 13.2 Å². The SMILES string of the molecule is COc1cc(S(=O)(=O)Nc2cccc3cn[nH]c23)ccc1Br. The molecule has 3 aromatic rings. The molecule has 2 aromatic carbocycles. The van der Waals surface area contributed by atoms with Crippen LogP contribution in [0, 0.1) is 0 Å². The van der Waals surface area contributed by atoms with Crippen LogP contribution in [0.15, 0.2) is 52.0 Å². The molecule has 3 rings (SSSR count). The zero-order valence-electron chi connectivity index (χ0n) is 11.5. The smallest absolute Gasteiger partial charge is 0.262 e. The Balaban J connectivity index is 2.02. The molecule has 1 aromatic heterocycles. The molecule has 0 bridgehead atoms. The molecular weight excluding hydrogens is 370 g/mol. The summed E-state index contributed by atoms with van der Waals surface area (Å²) in [5, 5.41) is 7.53. The van der Waals surface area contributed by atoms with Crippen LogP contribution in [-0.2, 0) is 10.0 Å². The van der Waals surface area contributed by atoms with Crippen molar-refractivity contribution in [1.29, 1.82) is 0 Å². The van der Waals surface area contributed by atoms with Gasteiger partial charge in [0.15, 0.2) is 0 Å². The Morgan fingerprint density at radius 1 is 1.27 bits per heavy atom. The van der Waals surface area contributed by atoms with E-state index in [-0.39, 0.29) is 4.90 Å². The lowest BCUT2D eigenvalue weighted by atomic mass is 10.2. The summed E-state index contributed by atoms with van der Waals surface area (Å²) in [5.41, 5.74) is 1.08. The normalized spacial score (nSPS) is 11.5. The Hall–Kier alpha value is -2.06. The van der Waals surface area contributed by atoms with Gasteiger partial charge >= 0.3 is 0 Å². The molecule has 8 heteroatoms. The van der Waals surface area contributed by atoms with Gasteiger partial charge in [-0.3, -0.25) is 9.82 Å². The number of sulfonamides is 1. The highest BCUT2D eigenvalue weighted by atomic mass is 79.9. The number of halogens is 1. The van der Waals surface area contributed by atoms with E-state index < -0.39 is 10.0 Å². The molecule has 6 nitrogen and oxygen atoms in total. The van der Waals surface area contributed by atoms with Crippen LogP contribution in [0.1, 0.15) is 0 Å². The van der Waals surface area contributed by atoms with Crippen LogP contribution in [0.5, 0.6) is 5.75 Å². The molecule has 1 heterocycles. The zero-order valence-corrected chi connectivity index (χ0v) is 13.9. The van der Waals surface area contributed by atoms with Crippen LogP contribution in [0.4, 0.5) is 5.69 Å². The quantitative estimate of drug-likeness (QED) is 0.726. The van der Waals surface area contributed by atoms with Crippen molar-refractivity contribution >= 4 is 42.5 Å². The van der Waals surface area contributed by atoms with E-state index >= 15 is 0 Å². The van der Waals surface area contributed by atoms with Crippen molar-refractivity contribution in [2.24, 2.45) is 0 Å². The molecule has 0 amide bonds. The molecule has 0 fully saturated rings. The molecule has 0 aliphatic heterocycles. The summed E-state index contributed by atoms with van der Waals surface area (Å²) in [6.07, 6.45) is 1.63. The standard InChI is InChI=1S/C14H12BrN3O3S/c1-21-13-7-10(5-6-11(13)15)22(19,20)18-12-4-2-3-9-8-16-17-14(9)12/h2-8,18H,1H3,(H,16,17). The average Bonchev–Trinajstić information content (AvgIpc) is 2.97. The fraction of sp³-hybridized carbons (Fsp3) is 0.0714. The number of H-pyrrole nitrogens is 1. The van der Waals surface area contributed by atoms with E-state index in [1.807, 2.05) is 6.07 Å². The number of rotatable bonds is 4. The second kappa shape index (κ2) is 5.62. The minimum Gasteiger partial charge on any atom is -0.496 e. The number of anilines is 1. The van der Waals surface area contributed by atoms with E-state index in [4.69, 9.17) is 4.74 Å². The molecule has 0 unspecified atom stereocenters. The third-order valence-corrected chi connectivity index (χ3v) is 5.17. The Morgan fingerprint density at radius 2 is 2.09 bits per heavy atom. The van der Waals surface area contributed by atoms with Crippen LogP contribution >= 0.6 is 15.9 Å². The Labute approximate surface area is 135 Å². The highest BCUT2D eigenvalue weighted by molar-refractivity contribution is 9.10. The van der Waals surface area contributed by atoms with Gasteiger partial charge in [-0.2, -0.15) is 5.10 Å². The number of aromatic nitrogens is 2.